The molecule has 0 spiro atoms. The predicted molar refractivity (Wildman–Crippen MR) is 80.0 cm³/mol. The number of benzene rings is 1. The summed E-state index contributed by atoms with van der Waals surface area (Å²) in [5.74, 6) is 0.959. The molecule has 4 heteroatoms. The van der Waals surface area contributed by atoms with Gasteiger partial charge in [-0.05, 0) is 43.7 Å². The highest BCUT2D eigenvalue weighted by Gasteiger charge is 2.08. The van der Waals surface area contributed by atoms with Crippen molar-refractivity contribution in [3.8, 4) is 5.75 Å². The van der Waals surface area contributed by atoms with E-state index >= 15 is 0 Å². The van der Waals surface area contributed by atoms with Gasteiger partial charge in [0.15, 0.2) is 0 Å². The fourth-order valence-corrected chi connectivity index (χ4v) is 2.28. The van der Waals surface area contributed by atoms with Crippen molar-refractivity contribution in [1.82, 2.24) is 10.2 Å². The molecule has 0 unspecified atom stereocenters. The standard InChI is InChI=1S/C15H25N3O/c1-16-14-4-6-15(7-5-14)19-13-3-2-10-18-11-8-17-9-12-18/h4-7,16-17H,2-3,8-13H2,1H3. The molecule has 0 saturated carbocycles. The average Bonchev–Trinajstić information content (AvgIpc) is 2.49. The van der Waals surface area contributed by atoms with Crippen LogP contribution in [0.25, 0.3) is 0 Å². The number of unbranched alkanes of at least 4 members (excludes halogenated alkanes) is 1. The molecule has 0 atom stereocenters. The van der Waals surface area contributed by atoms with Gasteiger partial charge in [-0.25, -0.2) is 0 Å². The highest BCUT2D eigenvalue weighted by molar-refractivity contribution is 5.45. The molecule has 106 valence electrons. The summed E-state index contributed by atoms with van der Waals surface area (Å²) in [4.78, 5) is 2.53. The number of rotatable bonds is 7. The van der Waals surface area contributed by atoms with Gasteiger partial charge in [0.05, 0.1) is 6.61 Å². The largest absolute Gasteiger partial charge is 0.494 e. The fraction of sp³-hybridized carbons (Fsp3) is 0.600. The lowest BCUT2D eigenvalue weighted by Gasteiger charge is -2.26. The van der Waals surface area contributed by atoms with Crippen LogP contribution in [0.4, 0.5) is 5.69 Å². The lowest BCUT2D eigenvalue weighted by molar-refractivity contribution is 0.226. The van der Waals surface area contributed by atoms with E-state index in [-0.39, 0.29) is 0 Å². The molecule has 0 aromatic heterocycles. The molecule has 1 aliphatic rings. The highest BCUT2D eigenvalue weighted by atomic mass is 16.5. The predicted octanol–water partition coefficient (Wildman–Crippen LogP) is 1.79. The minimum absolute atomic E-state index is 0.811. The lowest BCUT2D eigenvalue weighted by Crippen LogP contribution is -2.43. The number of ether oxygens (including phenoxy) is 1. The molecule has 2 N–H and O–H groups in total. The topological polar surface area (TPSA) is 36.5 Å². The van der Waals surface area contributed by atoms with Crippen molar-refractivity contribution in [2.75, 3.05) is 51.7 Å². The molecule has 19 heavy (non-hydrogen) atoms. The molecular weight excluding hydrogens is 238 g/mol. The molecule has 1 aromatic carbocycles. The SMILES string of the molecule is CNc1ccc(OCCCCN2CCNCC2)cc1. The molecule has 0 amide bonds. The average molecular weight is 263 g/mol. The first-order valence-electron chi connectivity index (χ1n) is 7.22. The van der Waals surface area contributed by atoms with E-state index in [1.807, 2.05) is 31.3 Å². The van der Waals surface area contributed by atoms with Crippen LogP contribution < -0.4 is 15.4 Å². The molecule has 1 aliphatic heterocycles. The second-order valence-electron chi connectivity index (χ2n) is 4.92. The maximum absolute atomic E-state index is 5.74. The maximum Gasteiger partial charge on any atom is 0.119 e. The van der Waals surface area contributed by atoms with E-state index in [1.54, 1.807) is 0 Å². The normalized spacial score (nSPS) is 16.3. The minimum Gasteiger partial charge on any atom is -0.494 e. The summed E-state index contributed by atoms with van der Waals surface area (Å²) in [7, 11) is 1.92. The van der Waals surface area contributed by atoms with Gasteiger partial charge in [0.25, 0.3) is 0 Å². The van der Waals surface area contributed by atoms with Crippen molar-refractivity contribution in [2.24, 2.45) is 0 Å². The number of anilines is 1. The van der Waals surface area contributed by atoms with Crippen molar-refractivity contribution >= 4 is 5.69 Å². The number of nitrogens with zero attached hydrogens (tertiary/aromatic N) is 1. The van der Waals surface area contributed by atoms with Crippen LogP contribution in [0, 0.1) is 0 Å². The molecule has 1 heterocycles. The third-order valence-corrected chi connectivity index (χ3v) is 3.49. The van der Waals surface area contributed by atoms with E-state index in [4.69, 9.17) is 4.74 Å². The molecule has 1 fully saturated rings. The highest BCUT2D eigenvalue weighted by Crippen LogP contribution is 2.15. The number of hydrogen-bond donors (Lipinski definition) is 2. The van der Waals surface area contributed by atoms with Gasteiger partial charge in [-0.1, -0.05) is 0 Å². The van der Waals surface area contributed by atoms with Crippen LogP contribution in [0.1, 0.15) is 12.8 Å². The second kappa shape index (κ2) is 8.02. The van der Waals surface area contributed by atoms with Gasteiger partial charge in [0, 0.05) is 38.9 Å². The summed E-state index contributed by atoms with van der Waals surface area (Å²) in [5.41, 5.74) is 1.12. The Balaban J connectivity index is 1.55. The molecule has 0 radical (unpaired) electrons. The van der Waals surface area contributed by atoms with Crippen molar-refractivity contribution < 1.29 is 4.74 Å². The van der Waals surface area contributed by atoms with Crippen LogP contribution >= 0.6 is 0 Å². The zero-order valence-corrected chi connectivity index (χ0v) is 11.8. The Morgan fingerprint density at radius 2 is 1.89 bits per heavy atom. The Morgan fingerprint density at radius 1 is 1.16 bits per heavy atom. The minimum atomic E-state index is 0.811. The smallest absolute Gasteiger partial charge is 0.119 e. The maximum atomic E-state index is 5.74. The first-order valence-corrected chi connectivity index (χ1v) is 7.22. The van der Waals surface area contributed by atoms with E-state index in [2.05, 4.69) is 15.5 Å². The Kier molecular flexibility index (Phi) is 5.98. The van der Waals surface area contributed by atoms with Crippen LogP contribution in [0.5, 0.6) is 5.75 Å². The fourth-order valence-electron chi connectivity index (χ4n) is 2.28. The quantitative estimate of drug-likeness (QED) is 0.735. The van der Waals surface area contributed by atoms with E-state index < -0.39 is 0 Å². The van der Waals surface area contributed by atoms with E-state index in [9.17, 15) is 0 Å². The van der Waals surface area contributed by atoms with Crippen molar-refractivity contribution in [3.63, 3.8) is 0 Å². The number of nitrogens with one attached hydrogen (secondary N) is 2. The summed E-state index contributed by atoms with van der Waals surface area (Å²) in [6, 6.07) is 8.11. The lowest BCUT2D eigenvalue weighted by atomic mass is 10.2. The summed E-state index contributed by atoms with van der Waals surface area (Å²) in [6.45, 7) is 6.65. The molecule has 2 rings (SSSR count). The number of hydrogen-bond acceptors (Lipinski definition) is 4. The van der Waals surface area contributed by atoms with Gasteiger partial charge in [-0.2, -0.15) is 0 Å². The summed E-state index contributed by atoms with van der Waals surface area (Å²) >= 11 is 0. The van der Waals surface area contributed by atoms with Gasteiger partial charge >= 0.3 is 0 Å². The Hall–Kier alpha value is -1.26. The van der Waals surface area contributed by atoms with E-state index in [1.165, 1.54) is 26.1 Å². The second-order valence-corrected chi connectivity index (χ2v) is 4.92. The summed E-state index contributed by atoms with van der Waals surface area (Å²) in [6.07, 6.45) is 2.34. The summed E-state index contributed by atoms with van der Waals surface area (Å²) < 4.78 is 5.74. The molecule has 0 aliphatic carbocycles. The Morgan fingerprint density at radius 3 is 2.58 bits per heavy atom. The van der Waals surface area contributed by atoms with Gasteiger partial charge in [0.2, 0.25) is 0 Å². The van der Waals surface area contributed by atoms with Gasteiger partial charge in [-0.15, -0.1) is 0 Å². The molecule has 0 bridgehead atoms. The van der Waals surface area contributed by atoms with Crippen molar-refractivity contribution in [1.29, 1.82) is 0 Å². The molecular formula is C15H25N3O. The number of piperazine rings is 1. The van der Waals surface area contributed by atoms with E-state index in [0.29, 0.717) is 0 Å². The van der Waals surface area contributed by atoms with Gasteiger partial charge < -0.3 is 20.3 Å². The zero-order valence-electron chi connectivity index (χ0n) is 11.8. The summed E-state index contributed by atoms with van der Waals surface area (Å²) in [5, 5.41) is 6.48. The molecule has 4 nitrogen and oxygen atoms in total. The molecule has 1 saturated heterocycles. The van der Waals surface area contributed by atoms with Crippen molar-refractivity contribution in [2.45, 2.75) is 12.8 Å². The Labute approximate surface area is 116 Å². The zero-order chi connectivity index (χ0) is 13.3. The third kappa shape index (κ3) is 5.09. The van der Waals surface area contributed by atoms with Crippen LogP contribution in [0.15, 0.2) is 24.3 Å². The van der Waals surface area contributed by atoms with Crippen LogP contribution in [0.3, 0.4) is 0 Å². The monoisotopic (exact) mass is 263 g/mol. The molecule has 1 aromatic rings. The van der Waals surface area contributed by atoms with E-state index in [0.717, 1.165) is 37.6 Å². The van der Waals surface area contributed by atoms with Crippen LogP contribution in [-0.2, 0) is 0 Å². The van der Waals surface area contributed by atoms with Gasteiger partial charge in [-0.3, -0.25) is 0 Å². The van der Waals surface area contributed by atoms with Crippen LogP contribution in [-0.4, -0.2) is 51.3 Å². The Bertz CT molecular complexity index is 347. The first-order chi connectivity index (χ1) is 9.38. The first kappa shape index (κ1) is 14.2. The van der Waals surface area contributed by atoms with Crippen molar-refractivity contribution in [3.05, 3.63) is 24.3 Å². The van der Waals surface area contributed by atoms with Gasteiger partial charge in [0.1, 0.15) is 5.75 Å². The van der Waals surface area contributed by atoms with Crippen LogP contribution in [0.2, 0.25) is 0 Å². The third-order valence-electron chi connectivity index (χ3n) is 3.49.